The quantitative estimate of drug-likeness (QED) is 0.773. The van der Waals surface area contributed by atoms with Crippen LogP contribution in [0.2, 0.25) is 0 Å². The maximum atomic E-state index is 11.9. The molecule has 1 aromatic heterocycles. The van der Waals surface area contributed by atoms with E-state index in [2.05, 4.69) is 10.3 Å². The molecular formula is C14H18N2O4. The highest BCUT2D eigenvalue weighted by Gasteiger charge is 2.26. The highest BCUT2D eigenvalue weighted by molar-refractivity contribution is 5.94. The topological polar surface area (TPSA) is 99.5 Å². The molecule has 6 heteroatoms. The van der Waals surface area contributed by atoms with Crippen LogP contribution < -0.4 is 5.32 Å². The summed E-state index contributed by atoms with van der Waals surface area (Å²) in [5.41, 5.74) is 0.0201. The van der Waals surface area contributed by atoms with E-state index in [4.69, 9.17) is 5.11 Å². The number of rotatable bonds is 4. The lowest BCUT2D eigenvalue weighted by Gasteiger charge is -2.26. The van der Waals surface area contributed by atoms with Gasteiger partial charge in [0.05, 0.1) is 5.92 Å². The summed E-state index contributed by atoms with van der Waals surface area (Å²) in [6, 6.07) is 2.97. The molecule has 1 fully saturated rings. The number of carbonyl (C=O) groups excluding carboxylic acids is 1. The van der Waals surface area contributed by atoms with Crippen LogP contribution in [-0.4, -0.2) is 33.6 Å². The van der Waals surface area contributed by atoms with Crippen molar-refractivity contribution >= 4 is 11.9 Å². The summed E-state index contributed by atoms with van der Waals surface area (Å²) in [4.78, 5) is 26.5. The SMILES string of the molecule is O=C(NCC1CCC(C(=O)O)CC1)c1ncccc1O. The van der Waals surface area contributed by atoms with Crippen molar-refractivity contribution in [2.24, 2.45) is 11.8 Å². The Bertz CT molecular complexity index is 496. The molecule has 1 saturated carbocycles. The predicted octanol–water partition coefficient (Wildman–Crippen LogP) is 1.41. The molecule has 0 atom stereocenters. The van der Waals surface area contributed by atoms with E-state index in [1.165, 1.54) is 12.3 Å². The Morgan fingerprint density at radius 2 is 2.00 bits per heavy atom. The Balaban J connectivity index is 1.80. The number of hydrogen-bond donors (Lipinski definition) is 3. The van der Waals surface area contributed by atoms with Gasteiger partial charge in [-0.15, -0.1) is 0 Å². The van der Waals surface area contributed by atoms with Crippen LogP contribution in [0.1, 0.15) is 36.2 Å². The molecule has 0 saturated heterocycles. The summed E-state index contributed by atoms with van der Waals surface area (Å²) < 4.78 is 0. The van der Waals surface area contributed by atoms with Gasteiger partial charge in [0.15, 0.2) is 5.69 Å². The van der Waals surface area contributed by atoms with Gasteiger partial charge >= 0.3 is 5.97 Å². The van der Waals surface area contributed by atoms with Crippen LogP contribution in [0, 0.1) is 11.8 Å². The molecule has 1 heterocycles. The number of nitrogens with zero attached hydrogens (tertiary/aromatic N) is 1. The van der Waals surface area contributed by atoms with Crippen molar-refractivity contribution < 1.29 is 19.8 Å². The number of aromatic hydroxyl groups is 1. The fraction of sp³-hybridized carbons (Fsp3) is 0.500. The summed E-state index contributed by atoms with van der Waals surface area (Å²) in [5.74, 6) is -1.23. The number of nitrogens with one attached hydrogen (secondary N) is 1. The zero-order valence-corrected chi connectivity index (χ0v) is 11.1. The van der Waals surface area contributed by atoms with Gasteiger partial charge in [-0.1, -0.05) is 0 Å². The first-order valence-electron chi connectivity index (χ1n) is 6.73. The van der Waals surface area contributed by atoms with Gasteiger partial charge < -0.3 is 15.5 Å². The third-order valence-electron chi connectivity index (χ3n) is 3.75. The second-order valence-electron chi connectivity index (χ2n) is 5.14. The van der Waals surface area contributed by atoms with E-state index in [0.29, 0.717) is 25.3 Å². The Morgan fingerprint density at radius 1 is 1.30 bits per heavy atom. The summed E-state index contributed by atoms with van der Waals surface area (Å²) in [6.45, 7) is 0.487. The molecule has 1 aliphatic rings. The monoisotopic (exact) mass is 278 g/mol. The molecule has 0 spiro atoms. The molecular weight excluding hydrogens is 260 g/mol. The number of hydrogen-bond acceptors (Lipinski definition) is 4. The molecule has 2 rings (SSSR count). The maximum Gasteiger partial charge on any atom is 0.306 e. The molecule has 108 valence electrons. The number of amides is 1. The van der Waals surface area contributed by atoms with Gasteiger partial charge in [0, 0.05) is 12.7 Å². The number of pyridine rings is 1. The number of carboxylic acid groups (broad SMARTS) is 1. The van der Waals surface area contributed by atoms with Crippen LogP contribution >= 0.6 is 0 Å². The Morgan fingerprint density at radius 3 is 2.60 bits per heavy atom. The van der Waals surface area contributed by atoms with Gasteiger partial charge in [-0.05, 0) is 43.7 Å². The highest BCUT2D eigenvalue weighted by atomic mass is 16.4. The number of aromatic nitrogens is 1. The van der Waals surface area contributed by atoms with E-state index in [0.717, 1.165) is 12.8 Å². The predicted molar refractivity (Wildman–Crippen MR) is 71.3 cm³/mol. The molecule has 0 aromatic carbocycles. The van der Waals surface area contributed by atoms with Gasteiger partial charge in [-0.2, -0.15) is 0 Å². The van der Waals surface area contributed by atoms with Crippen molar-refractivity contribution in [1.82, 2.24) is 10.3 Å². The summed E-state index contributed by atoms with van der Waals surface area (Å²) >= 11 is 0. The van der Waals surface area contributed by atoms with Crippen molar-refractivity contribution in [3.8, 4) is 5.75 Å². The van der Waals surface area contributed by atoms with E-state index in [1.54, 1.807) is 6.07 Å². The Kier molecular flexibility index (Phi) is 4.55. The van der Waals surface area contributed by atoms with Crippen molar-refractivity contribution in [1.29, 1.82) is 0 Å². The number of carboxylic acids is 1. The van der Waals surface area contributed by atoms with Crippen molar-refractivity contribution in [2.75, 3.05) is 6.54 Å². The average molecular weight is 278 g/mol. The minimum Gasteiger partial charge on any atom is -0.505 e. The summed E-state index contributed by atoms with van der Waals surface area (Å²) in [6.07, 6.45) is 4.36. The fourth-order valence-corrected chi connectivity index (χ4v) is 2.51. The number of aliphatic carboxylic acids is 1. The van der Waals surface area contributed by atoms with Gasteiger partial charge in [-0.3, -0.25) is 9.59 Å². The standard InChI is InChI=1S/C14H18N2O4/c17-11-2-1-7-15-12(11)13(18)16-8-9-3-5-10(6-4-9)14(19)20/h1-2,7,9-10,17H,3-6,8H2,(H,16,18)(H,19,20). The average Bonchev–Trinajstić information content (AvgIpc) is 2.45. The summed E-state index contributed by atoms with van der Waals surface area (Å²) in [5, 5.41) is 21.2. The third-order valence-corrected chi connectivity index (χ3v) is 3.75. The Labute approximate surface area is 116 Å². The lowest BCUT2D eigenvalue weighted by Crippen LogP contribution is -2.32. The second kappa shape index (κ2) is 6.36. The third kappa shape index (κ3) is 3.46. The molecule has 0 radical (unpaired) electrons. The van der Waals surface area contributed by atoms with Gasteiger partial charge in [0.1, 0.15) is 5.75 Å². The Hall–Kier alpha value is -2.11. The molecule has 1 amide bonds. The van der Waals surface area contributed by atoms with Gasteiger partial charge in [-0.25, -0.2) is 4.98 Å². The first-order chi connectivity index (χ1) is 9.58. The van der Waals surface area contributed by atoms with Crippen LogP contribution in [0.4, 0.5) is 0 Å². The molecule has 6 nitrogen and oxygen atoms in total. The first-order valence-corrected chi connectivity index (χ1v) is 6.73. The van der Waals surface area contributed by atoms with E-state index >= 15 is 0 Å². The minimum atomic E-state index is -0.731. The lowest BCUT2D eigenvalue weighted by atomic mass is 9.82. The molecule has 0 bridgehead atoms. The lowest BCUT2D eigenvalue weighted by molar-refractivity contribution is -0.143. The first kappa shape index (κ1) is 14.3. The van der Waals surface area contributed by atoms with Crippen LogP contribution in [0.5, 0.6) is 5.75 Å². The minimum absolute atomic E-state index is 0.0201. The molecule has 1 aliphatic carbocycles. The number of carbonyl (C=O) groups is 2. The maximum absolute atomic E-state index is 11.9. The van der Waals surface area contributed by atoms with Crippen LogP contribution in [0.25, 0.3) is 0 Å². The van der Waals surface area contributed by atoms with Gasteiger partial charge in [0.2, 0.25) is 0 Å². The molecule has 3 N–H and O–H groups in total. The van der Waals surface area contributed by atoms with Gasteiger partial charge in [0.25, 0.3) is 5.91 Å². The van der Waals surface area contributed by atoms with E-state index in [1.807, 2.05) is 0 Å². The van der Waals surface area contributed by atoms with Crippen LogP contribution in [0.3, 0.4) is 0 Å². The van der Waals surface area contributed by atoms with Crippen LogP contribution in [0.15, 0.2) is 18.3 Å². The van der Waals surface area contributed by atoms with Crippen LogP contribution in [-0.2, 0) is 4.79 Å². The van der Waals surface area contributed by atoms with E-state index < -0.39 is 11.9 Å². The fourth-order valence-electron chi connectivity index (χ4n) is 2.51. The molecule has 20 heavy (non-hydrogen) atoms. The zero-order valence-electron chi connectivity index (χ0n) is 11.1. The molecule has 0 unspecified atom stereocenters. The normalized spacial score (nSPS) is 22.2. The summed E-state index contributed by atoms with van der Waals surface area (Å²) in [7, 11) is 0. The van der Waals surface area contributed by atoms with E-state index in [9.17, 15) is 14.7 Å². The van der Waals surface area contributed by atoms with E-state index in [-0.39, 0.29) is 17.4 Å². The van der Waals surface area contributed by atoms with Crippen molar-refractivity contribution in [3.63, 3.8) is 0 Å². The molecule has 1 aromatic rings. The smallest absolute Gasteiger partial charge is 0.306 e. The zero-order chi connectivity index (χ0) is 14.5. The largest absolute Gasteiger partial charge is 0.505 e. The van der Waals surface area contributed by atoms with Crippen molar-refractivity contribution in [2.45, 2.75) is 25.7 Å². The van der Waals surface area contributed by atoms with Crippen molar-refractivity contribution in [3.05, 3.63) is 24.0 Å². The second-order valence-corrected chi connectivity index (χ2v) is 5.14. The highest BCUT2D eigenvalue weighted by Crippen LogP contribution is 2.28. The molecule has 0 aliphatic heterocycles.